The SMILES string of the molecule is CC.Cc1ccc2c(c1)C(=O)c1nc3ccncc3c(=O)n1-2. The summed E-state index contributed by atoms with van der Waals surface area (Å²) >= 11 is 0. The number of pyridine rings is 1. The topological polar surface area (TPSA) is 64.8 Å². The van der Waals surface area contributed by atoms with E-state index in [0.29, 0.717) is 22.2 Å². The fraction of sp³-hybridized carbons (Fsp3) is 0.176. The average Bonchev–Trinajstić information content (AvgIpc) is 2.83. The molecule has 0 fully saturated rings. The second kappa shape index (κ2) is 5.18. The molecule has 1 aliphatic rings. The Morgan fingerprint density at radius 2 is 1.86 bits per heavy atom. The normalized spacial score (nSPS) is 11.7. The lowest BCUT2D eigenvalue weighted by Gasteiger charge is -2.05. The molecule has 0 bridgehead atoms. The van der Waals surface area contributed by atoms with E-state index in [0.717, 1.165) is 5.56 Å². The van der Waals surface area contributed by atoms with Crippen LogP contribution in [-0.2, 0) is 0 Å². The van der Waals surface area contributed by atoms with E-state index in [1.54, 1.807) is 24.4 Å². The maximum Gasteiger partial charge on any atom is 0.267 e. The van der Waals surface area contributed by atoms with Crippen molar-refractivity contribution in [3.8, 4) is 5.69 Å². The minimum absolute atomic E-state index is 0.175. The van der Waals surface area contributed by atoms with Crippen molar-refractivity contribution < 1.29 is 4.79 Å². The van der Waals surface area contributed by atoms with Gasteiger partial charge >= 0.3 is 0 Å². The Kier molecular flexibility index (Phi) is 3.33. The van der Waals surface area contributed by atoms with Crippen molar-refractivity contribution in [2.45, 2.75) is 20.8 Å². The predicted octanol–water partition coefficient (Wildman–Crippen LogP) is 2.66. The summed E-state index contributed by atoms with van der Waals surface area (Å²) in [5, 5.41) is 0.414. The summed E-state index contributed by atoms with van der Waals surface area (Å²) in [6.07, 6.45) is 3.04. The second-order valence-electron chi connectivity index (χ2n) is 4.82. The Hall–Kier alpha value is -2.82. The quantitative estimate of drug-likeness (QED) is 0.500. The maximum absolute atomic E-state index is 12.5. The highest BCUT2D eigenvalue weighted by molar-refractivity contribution is 6.13. The minimum atomic E-state index is -0.256. The van der Waals surface area contributed by atoms with E-state index in [1.165, 1.54) is 10.8 Å². The molecule has 5 heteroatoms. The zero-order chi connectivity index (χ0) is 15.9. The molecule has 3 heterocycles. The molecular formula is C17H15N3O2. The molecular weight excluding hydrogens is 278 g/mol. The lowest BCUT2D eigenvalue weighted by Crippen LogP contribution is -2.21. The van der Waals surface area contributed by atoms with E-state index in [-0.39, 0.29) is 17.2 Å². The molecule has 0 amide bonds. The van der Waals surface area contributed by atoms with Crippen LogP contribution in [-0.4, -0.2) is 20.3 Å². The van der Waals surface area contributed by atoms with Gasteiger partial charge in [0.25, 0.3) is 5.56 Å². The highest BCUT2D eigenvalue weighted by Crippen LogP contribution is 2.26. The van der Waals surface area contributed by atoms with Crippen molar-refractivity contribution in [1.29, 1.82) is 0 Å². The van der Waals surface area contributed by atoms with Gasteiger partial charge in [-0.3, -0.25) is 19.1 Å². The van der Waals surface area contributed by atoms with Crippen LogP contribution in [0, 0.1) is 6.92 Å². The number of carbonyl (C=O) groups is 1. The van der Waals surface area contributed by atoms with Gasteiger partial charge in [-0.05, 0) is 25.1 Å². The molecule has 2 aromatic heterocycles. The van der Waals surface area contributed by atoms with Crippen LogP contribution in [0.2, 0.25) is 0 Å². The summed E-state index contributed by atoms with van der Waals surface area (Å²) in [7, 11) is 0. The van der Waals surface area contributed by atoms with Crippen LogP contribution in [0.3, 0.4) is 0 Å². The highest BCUT2D eigenvalue weighted by atomic mass is 16.1. The lowest BCUT2D eigenvalue weighted by atomic mass is 10.1. The Bertz CT molecular complexity index is 958. The zero-order valence-corrected chi connectivity index (χ0v) is 12.6. The number of hydrogen-bond acceptors (Lipinski definition) is 4. The number of aromatic nitrogens is 3. The molecule has 5 nitrogen and oxygen atoms in total. The van der Waals surface area contributed by atoms with Gasteiger partial charge in [-0.1, -0.05) is 25.5 Å². The molecule has 0 saturated carbocycles. The predicted molar refractivity (Wildman–Crippen MR) is 84.7 cm³/mol. The van der Waals surface area contributed by atoms with Crippen molar-refractivity contribution in [1.82, 2.24) is 14.5 Å². The molecule has 1 aromatic carbocycles. The highest BCUT2D eigenvalue weighted by Gasteiger charge is 2.30. The number of aryl methyl sites for hydroxylation is 1. The number of ketones is 1. The number of carbonyl (C=O) groups excluding carboxylic acids is 1. The molecule has 110 valence electrons. The molecule has 22 heavy (non-hydrogen) atoms. The van der Waals surface area contributed by atoms with E-state index in [9.17, 15) is 9.59 Å². The molecule has 0 saturated heterocycles. The minimum Gasteiger partial charge on any atom is -0.285 e. The summed E-state index contributed by atoms with van der Waals surface area (Å²) in [4.78, 5) is 33.2. The van der Waals surface area contributed by atoms with Gasteiger partial charge in [0.2, 0.25) is 5.78 Å². The molecule has 0 radical (unpaired) electrons. The van der Waals surface area contributed by atoms with E-state index >= 15 is 0 Å². The molecule has 0 unspecified atom stereocenters. The summed E-state index contributed by atoms with van der Waals surface area (Å²) in [6, 6.07) is 7.08. The van der Waals surface area contributed by atoms with Crippen molar-refractivity contribution in [2.24, 2.45) is 0 Å². The number of fused-ring (bicyclic) bond motifs is 4. The fourth-order valence-corrected chi connectivity index (χ4v) is 2.55. The smallest absolute Gasteiger partial charge is 0.267 e. The van der Waals surface area contributed by atoms with Gasteiger partial charge < -0.3 is 0 Å². The zero-order valence-electron chi connectivity index (χ0n) is 12.6. The molecule has 0 spiro atoms. The Labute approximate surface area is 127 Å². The van der Waals surface area contributed by atoms with E-state index in [4.69, 9.17) is 0 Å². The molecule has 3 aromatic rings. The second-order valence-corrected chi connectivity index (χ2v) is 4.82. The van der Waals surface area contributed by atoms with Gasteiger partial charge in [-0.2, -0.15) is 0 Å². The van der Waals surface area contributed by atoms with Gasteiger partial charge in [0.05, 0.1) is 22.2 Å². The van der Waals surface area contributed by atoms with Crippen LogP contribution in [0.1, 0.15) is 35.6 Å². The third-order valence-electron chi connectivity index (χ3n) is 3.51. The summed E-state index contributed by atoms with van der Waals surface area (Å²) in [5.74, 6) is -0.0335. The number of nitrogens with zero attached hydrogens (tertiary/aromatic N) is 3. The van der Waals surface area contributed by atoms with Gasteiger partial charge in [-0.15, -0.1) is 0 Å². The van der Waals surface area contributed by atoms with E-state index in [1.807, 2.05) is 26.8 Å². The van der Waals surface area contributed by atoms with Crippen molar-refractivity contribution in [2.75, 3.05) is 0 Å². The van der Waals surface area contributed by atoms with Crippen molar-refractivity contribution in [3.05, 3.63) is 64.0 Å². The number of benzene rings is 1. The Morgan fingerprint density at radius 1 is 1.09 bits per heavy atom. The Morgan fingerprint density at radius 3 is 2.64 bits per heavy atom. The molecule has 4 rings (SSSR count). The first-order valence-corrected chi connectivity index (χ1v) is 7.19. The fourth-order valence-electron chi connectivity index (χ4n) is 2.55. The summed E-state index contributed by atoms with van der Waals surface area (Å²) in [5.41, 5.74) is 2.34. The largest absolute Gasteiger partial charge is 0.285 e. The van der Waals surface area contributed by atoms with E-state index < -0.39 is 0 Å². The standard InChI is InChI=1S/C15H9N3O2.C2H6/c1-8-2-3-12-9(6-8)13(19)14-17-11-4-5-16-7-10(11)15(20)18(12)14;1-2/h2-7H,1H3;1-2H3. The summed E-state index contributed by atoms with van der Waals surface area (Å²) in [6.45, 7) is 5.91. The lowest BCUT2D eigenvalue weighted by molar-refractivity contribution is 0.103. The average molecular weight is 293 g/mol. The number of hydrogen-bond donors (Lipinski definition) is 0. The maximum atomic E-state index is 12.5. The van der Waals surface area contributed by atoms with Gasteiger partial charge in [0.1, 0.15) is 0 Å². The third-order valence-corrected chi connectivity index (χ3v) is 3.51. The Balaban J connectivity index is 0.000000693. The van der Waals surface area contributed by atoms with Crippen molar-refractivity contribution in [3.63, 3.8) is 0 Å². The van der Waals surface area contributed by atoms with Crippen LogP contribution < -0.4 is 5.56 Å². The van der Waals surface area contributed by atoms with Crippen LogP contribution >= 0.6 is 0 Å². The molecule has 1 aliphatic heterocycles. The third kappa shape index (κ3) is 1.86. The van der Waals surface area contributed by atoms with E-state index in [2.05, 4.69) is 9.97 Å². The first-order valence-electron chi connectivity index (χ1n) is 7.19. The van der Waals surface area contributed by atoms with Crippen LogP contribution in [0.25, 0.3) is 16.6 Å². The molecule has 0 aliphatic carbocycles. The number of rotatable bonds is 0. The monoisotopic (exact) mass is 293 g/mol. The first kappa shape index (κ1) is 14.1. The van der Waals surface area contributed by atoms with Crippen LogP contribution in [0.15, 0.2) is 41.5 Å². The summed E-state index contributed by atoms with van der Waals surface area (Å²) < 4.78 is 1.38. The van der Waals surface area contributed by atoms with Crippen LogP contribution in [0.5, 0.6) is 0 Å². The van der Waals surface area contributed by atoms with Crippen molar-refractivity contribution >= 4 is 16.7 Å². The molecule has 0 N–H and O–H groups in total. The first-order chi connectivity index (χ1) is 10.7. The van der Waals surface area contributed by atoms with Gasteiger partial charge in [0, 0.05) is 12.4 Å². The van der Waals surface area contributed by atoms with Gasteiger partial charge in [-0.25, -0.2) is 4.98 Å². The molecule has 0 atom stereocenters. The van der Waals surface area contributed by atoms with Crippen LogP contribution in [0.4, 0.5) is 0 Å². The van der Waals surface area contributed by atoms with Gasteiger partial charge in [0.15, 0.2) is 5.82 Å².